The highest BCUT2D eigenvalue weighted by molar-refractivity contribution is 6.58. The Kier molecular flexibility index (Phi) is 8.99. The first-order valence-electron chi connectivity index (χ1n) is 15.2. The third kappa shape index (κ3) is 6.11. The van der Waals surface area contributed by atoms with Gasteiger partial charge in [-0.3, -0.25) is 19.5 Å². The van der Waals surface area contributed by atoms with Crippen molar-refractivity contribution in [3.8, 4) is 5.75 Å². The molecular formula is C33H33B2ClN2O7. The molecule has 230 valence electrons. The molecule has 9 nitrogen and oxygen atoms in total. The van der Waals surface area contributed by atoms with Gasteiger partial charge in [0.15, 0.2) is 0 Å². The maximum atomic E-state index is 14.0. The summed E-state index contributed by atoms with van der Waals surface area (Å²) in [6, 6.07) is 16.6. The van der Waals surface area contributed by atoms with Crippen LogP contribution in [0.15, 0.2) is 78.0 Å². The fourth-order valence-electron chi connectivity index (χ4n) is 7.12. The van der Waals surface area contributed by atoms with Crippen LogP contribution in [0.2, 0.25) is 11.3 Å². The number of carbonyl (C=O) groups excluding carboxylic acids is 2. The van der Waals surface area contributed by atoms with E-state index in [1.54, 1.807) is 30.5 Å². The summed E-state index contributed by atoms with van der Waals surface area (Å²) in [5.74, 6) is -2.21. The van der Waals surface area contributed by atoms with Crippen molar-refractivity contribution >= 4 is 60.5 Å². The Morgan fingerprint density at radius 2 is 1.93 bits per heavy atom. The molecule has 2 amide bonds. The molecule has 45 heavy (non-hydrogen) atoms. The minimum atomic E-state index is -1.73. The summed E-state index contributed by atoms with van der Waals surface area (Å²) < 4.78 is 6.15. The second-order valence-electron chi connectivity index (χ2n) is 11.8. The lowest BCUT2D eigenvalue weighted by molar-refractivity contribution is -0.122. The molecule has 3 heterocycles. The average Bonchev–Trinajstić information content (AvgIpc) is 3.28. The number of phenolic OH excluding ortho intramolecular Hbond substituents is 1. The lowest BCUT2D eigenvalue weighted by Crippen LogP contribution is -2.46. The molecule has 0 spiro atoms. The van der Waals surface area contributed by atoms with Crippen LogP contribution in [-0.2, 0) is 14.2 Å². The number of allylic oxidation sites excluding steroid dienone is 2. The van der Waals surface area contributed by atoms with Gasteiger partial charge in [-0.05, 0) is 109 Å². The van der Waals surface area contributed by atoms with Crippen LogP contribution in [0, 0.1) is 17.8 Å². The normalized spacial score (nSPS) is 23.4. The van der Waals surface area contributed by atoms with Crippen LogP contribution in [0.1, 0.15) is 43.9 Å². The van der Waals surface area contributed by atoms with Crippen molar-refractivity contribution in [2.45, 2.75) is 45.0 Å². The van der Waals surface area contributed by atoms with Gasteiger partial charge in [-0.2, -0.15) is 0 Å². The molecule has 2 fully saturated rings. The third-order valence-electron chi connectivity index (χ3n) is 9.14. The molecule has 2 aromatic carbocycles. The molecule has 0 radical (unpaired) electrons. The smallest absolute Gasteiger partial charge is 0.488 e. The summed E-state index contributed by atoms with van der Waals surface area (Å²) >= 11 is 6.44. The van der Waals surface area contributed by atoms with Gasteiger partial charge in [0, 0.05) is 6.20 Å². The number of benzene rings is 2. The van der Waals surface area contributed by atoms with E-state index in [-0.39, 0.29) is 35.3 Å². The van der Waals surface area contributed by atoms with E-state index < -0.39 is 32.2 Å². The summed E-state index contributed by atoms with van der Waals surface area (Å²) in [6.07, 6.45) is 5.45. The molecule has 0 unspecified atom stereocenters. The van der Waals surface area contributed by atoms with Gasteiger partial charge in [0.25, 0.3) is 0 Å². The fourth-order valence-corrected chi connectivity index (χ4v) is 7.35. The van der Waals surface area contributed by atoms with Crippen molar-refractivity contribution in [3.63, 3.8) is 0 Å². The minimum Gasteiger partial charge on any atom is -0.508 e. The largest absolute Gasteiger partial charge is 0.508 e. The van der Waals surface area contributed by atoms with E-state index in [0.29, 0.717) is 36.4 Å². The van der Waals surface area contributed by atoms with E-state index in [9.17, 15) is 29.8 Å². The first-order valence-corrected chi connectivity index (χ1v) is 15.5. The van der Waals surface area contributed by atoms with Crippen LogP contribution in [0.5, 0.6) is 5.75 Å². The van der Waals surface area contributed by atoms with E-state index in [4.69, 9.17) is 16.3 Å². The molecule has 4 N–H and O–H groups in total. The van der Waals surface area contributed by atoms with Crippen LogP contribution in [0.3, 0.4) is 0 Å². The maximum Gasteiger partial charge on any atom is 0.488 e. The first-order chi connectivity index (χ1) is 21.7. The van der Waals surface area contributed by atoms with Gasteiger partial charge in [-0.1, -0.05) is 42.3 Å². The number of anilines is 1. The summed E-state index contributed by atoms with van der Waals surface area (Å²) in [4.78, 5) is 33.5. The Morgan fingerprint density at radius 1 is 1.11 bits per heavy atom. The van der Waals surface area contributed by atoms with Gasteiger partial charge in [-0.15, -0.1) is 0 Å². The van der Waals surface area contributed by atoms with E-state index >= 15 is 0 Å². The Bertz CT molecular complexity index is 1680. The number of imide groups is 1. The second-order valence-corrected chi connectivity index (χ2v) is 12.2. The molecule has 3 aromatic rings. The SMILES string of the molecule is CCC1=C2[C@@H](CC/C(=C/c3ccc(O)cc3Cl)c3ccccn3)OB(O)C[C@@H]2[C@@H]2C(=O)N(c3cccc(B(O)O)c3)C(=O)[C@@H]2C1. The third-order valence-corrected chi connectivity index (χ3v) is 9.47. The van der Waals surface area contributed by atoms with Crippen molar-refractivity contribution < 1.29 is 34.4 Å². The number of halogens is 1. The molecule has 1 aromatic heterocycles. The number of amides is 2. The topological polar surface area (TPSA) is 140 Å². The maximum absolute atomic E-state index is 14.0. The number of hydrogen-bond donors (Lipinski definition) is 4. The van der Waals surface area contributed by atoms with Gasteiger partial charge in [-0.25, -0.2) is 0 Å². The predicted octanol–water partition coefficient (Wildman–Crippen LogP) is 3.85. The molecule has 12 heteroatoms. The van der Waals surface area contributed by atoms with Gasteiger partial charge in [0.1, 0.15) is 5.75 Å². The number of carbonyl (C=O) groups is 2. The van der Waals surface area contributed by atoms with Crippen molar-refractivity contribution in [2.24, 2.45) is 17.8 Å². The number of aromatic nitrogens is 1. The predicted molar refractivity (Wildman–Crippen MR) is 173 cm³/mol. The lowest BCUT2D eigenvalue weighted by Gasteiger charge is -2.43. The highest BCUT2D eigenvalue weighted by atomic mass is 35.5. The monoisotopic (exact) mass is 626 g/mol. The zero-order chi connectivity index (χ0) is 31.8. The summed E-state index contributed by atoms with van der Waals surface area (Å²) in [5.41, 5.74) is 4.89. The number of rotatable bonds is 8. The highest BCUT2D eigenvalue weighted by Gasteiger charge is 2.57. The molecule has 0 saturated carbocycles. The van der Waals surface area contributed by atoms with Crippen molar-refractivity contribution in [3.05, 3.63) is 94.3 Å². The van der Waals surface area contributed by atoms with E-state index in [1.165, 1.54) is 18.2 Å². The van der Waals surface area contributed by atoms with Crippen LogP contribution in [-0.4, -0.2) is 57.3 Å². The molecule has 3 aliphatic rings. The Labute approximate surface area is 267 Å². The zero-order valence-electron chi connectivity index (χ0n) is 24.7. The van der Waals surface area contributed by atoms with Gasteiger partial charge >= 0.3 is 14.2 Å². The zero-order valence-corrected chi connectivity index (χ0v) is 25.5. The minimum absolute atomic E-state index is 0.0685. The first kappa shape index (κ1) is 31.3. The van der Waals surface area contributed by atoms with Crippen molar-refractivity contribution in [1.82, 2.24) is 4.98 Å². The summed E-state index contributed by atoms with van der Waals surface area (Å²) in [7, 11) is -2.85. The van der Waals surface area contributed by atoms with Crippen molar-refractivity contribution in [2.75, 3.05) is 4.90 Å². The number of phenols is 1. The molecule has 4 atom stereocenters. The van der Waals surface area contributed by atoms with E-state index in [2.05, 4.69) is 4.98 Å². The number of nitrogens with zero attached hydrogens (tertiary/aromatic N) is 2. The number of pyridine rings is 1. The summed E-state index contributed by atoms with van der Waals surface area (Å²) in [6.45, 7) is 2.03. The molecule has 6 rings (SSSR count). The molecule has 1 aliphatic carbocycles. The highest BCUT2D eigenvalue weighted by Crippen LogP contribution is 2.52. The molecule has 2 saturated heterocycles. The van der Waals surface area contributed by atoms with Crippen LogP contribution < -0.4 is 10.4 Å². The fraction of sp³-hybridized carbons (Fsp3) is 0.303. The molecule has 2 aliphatic heterocycles. The Hall–Kier alpha value is -3.73. The van der Waals surface area contributed by atoms with Crippen LogP contribution in [0.25, 0.3) is 11.6 Å². The van der Waals surface area contributed by atoms with Gasteiger partial charge in [0.05, 0.1) is 34.3 Å². The lowest BCUT2D eigenvalue weighted by atomic mass is 9.58. The van der Waals surface area contributed by atoms with Crippen LogP contribution >= 0.6 is 11.6 Å². The molecular weight excluding hydrogens is 593 g/mol. The van der Waals surface area contributed by atoms with Gasteiger partial charge < -0.3 is 24.8 Å². The van der Waals surface area contributed by atoms with Crippen LogP contribution in [0.4, 0.5) is 5.69 Å². The average molecular weight is 627 g/mol. The van der Waals surface area contributed by atoms with Gasteiger partial charge in [0.2, 0.25) is 11.8 Å². The number of hydrogen-bond acceptors (Lipinski definition) is 8. The van der Waals surface area contributed by atoms with E-state index in [1.807, 2.05) is 31.2 Å². The van der Waals surface area contributed by atoms with Crippen molar-refractivity contribution in [1.29, 1.82) is 0 Å². The Morgan fingerprint density at radius 3 is 2.64 bits per heavy atom. The summed E-state index contributed by atoms with van der Waals surface area (Å²) in [5, 5.41) is 40.5. The second kappa shape index (κ2) is 12.9. The number of fused-ring (bicyclic) bond motifs is 3. The quantitative estimate of drug-likeness (QED) is 0.168. The standard InChI is InChI=1S/C33H33B2ClN2O7/c1-2-19-15-25-31(33(41)38(32(25)40)23-7-5-6-22(16-23)35(43)44)26-18-34(42)45-29(30(19)26)12-10-21(28-8-3-4-13-37-28)14-20-9-11-24(39)17-27(20)36/h3-9,11,13-14,16-17,25-26,29,31,39,42-44H,2,10,12,15,18H2,1H3/b21-14-/t25-,26+,29-,31-/m1/s1. The Balaban J connectivity index is 1.31. The molecule has 0 bridgehead atoms. The van der Waals surface area contributed by atoms with E-state index in [0.717, 1.165) is 32.9 Å². The number of aromatic hydroxyl groups is 1.